The Balaban J connectivity index is 1.43. The highest BCUT2D eigenvalue weighted by Gasteiger charge is 2.44. The van der Waals surface area contributed by atoms with E-state index >= 15 is 0 Å². The van der Waals surface area contributed by atoms with Crippen LogP contribution in [0.2, 0.25) is 0 Å². The molecule has 2 fully saturated rings. The molecule has 29 heavy (non-hydrogen) atoms. The molecule has 1 aromatic heterocycles. The molecule has 0 spiro atoms. The minimum Gasteiger partial charge on any atom is -0.493 e. The fourth-order valence-corrected chi connectivity index (χ4v) is 4.33. The van der Waals surface area contributed by atoms with Crippen LogP contribution < -0.4 is 9.47 Å². The Morgan fingerprint density at radius 1 is 1.17 bits per heavy atom. The number of nitriles is 1. The van der Waals surface area contributed by atoms with Gasteiger partial charge in [0.2, 0.25) is 0 Å². The molecule has 1 saturated heterocycles. The molecule has 0 radical (unpaired) electrons. The maximum Gasteiger partial charge on any atom is 0.255 e. The number of para-hydroxylation sites is 2. The Morgan fingerprint density at radius 2 is 1.90 bits per heavy atom. The van der Waals surface area contributed by atoms with Crippen LogP contribution in [0.3, 0.4) is 0 Å². The number of ether oxygens (including phenoxy) is 2. The van der Waals surface area contributed by atoms with Crippen molar-refractivity contribution in [2.75, 3.05) is 20.2 Å². The summed E-state index contributed by atoms with van der Waals surface area (Å²) in [6.07, 6.45) is 1.80. The highest BCUT2D eigenvalue weighted by molar-refractivity contribution is 5.94. The number of aliphatic hydroxyl groups is 1. The van der Waals surface area contributed by atoms with Crippen molar-refractivity contribution in [3.05, 3.63) is 53.9 Å². The Morgan fingerprint density at radius 3 is 2.55 bits per heavy atom. The lowest BCUT2D eigenvalue weighted by Crippen LogP contribution is -2.42. The van der Waals surface area contributed by atoms with E-state index in [1.165, 1.54) is 6.20 Å². The third-order valence-corrected chi connectivity index (χ3v) is 5.84. The van der Waals surface area contributed by atoms with Crippen molar-refractivity contribution in [2.45, 2.75) is 25.0 Å². The Kier molecular flexibility index (Phi) is 5.36. The average Bonchev–Trinajstić information content (AvgIpc) is 3.16. The van der Waals surface area contributed by atoms with Gasteiger partial charge in [-0.2, -0.15) is 5.26 Å². The van der Waals surface area contributed by atoms with Gasteiger partial charge in [0.15, 0.2) is 11.5 Å². The van der Waals surface area contributed by atoms with Gasteiger partial charge in [-0.1, -0.05) is 12.1 Å². The molecule has 1 N–H and O–H groups in total. The number of amides is 1. The molecule has 2 aromatic rings. The SMILES string of the molecule is COc1ccccc1O[C@@H]1C[C@@H]2CN(C(=O)c3ccc(C#N)nc3)C[C@@H]2C[C@H]1O. The summed E-state index contributed by atoms with van der Waals surface area (Å²) in [7, 11) is 1.59. The smallest absolute Gasteiger partial charge is 0.255 e. The molecule has 1 aliphatic heterocycles. The number of pyridine rings is 1. The first-order chi connectivity index (χ1) is 14.1. The van der Waals surface area contributed by atoms with Crippen LogP contribution in [0.4, 0.5) is 0 Å². The van der Waals surface area contributed by atoms with Gasteiger partial charge in [0, 0.05) is 19.3 Å². The molecular formula is C22H23N3O4. The minimum atomic E-state index is -0.590. The summed E-state index contributed by atoms with van der Waals surface area (Å²) < 4.78 is 11.4. The Bertz CT molecular complexity index is 924. The number of hydrogen-bond acceptors (Lipinski definition) is 6. The lowest BCUT2D eigenvalue weighted by Gasteiger charge is -2.35. The predicted molar refractivity (Wildman–Crippen MR) is 104 cm³/mol. The molecule has 150 valence electrons. The van der Waals surface area contributed by atoms with Gasteiger partial charge in [0.25, 0.3) is 5.91 Å². The molecule has 2 heterocycles. The van der Waals surface area contributed by atoms with Gasteiger partial charge in [-0.15, -0.1) is 0 Å². The molecular weight excluding hydrogens is 370 g/mol. The number of hydrogen-bond donors (Lipinski definition) is 1. The van der Waals surface area contributed by atoms with E-state index in [-0.39, 0.29) is 29.5 Å². The first-order valence-electron chi connectivity index (χ1n) is 9.72. The molecule has 4 atom stereocenters. The van der Waals surface area contributed by atoms with Crippen LogP contribution in [0.15, 0.2) is 42.6 Å². The summed E-state index contributed by atoms with van der Waals surface area (Å²) in [6.45, 7) is 1.24. The molecule has 2 aliphatic rings. The zero-order valence-electron chi connectivity index (χ0n) is 16.2. The second-order valence-electron chi connectivity index (χ2n) is 7.62. The van der Waals surface area contributed by atoms with E-state index in [1.54, 1.807) is 19.2 Å². The standard InChI is InChI=1S/C22H23N3O4/c1-28-19-4-2-3-5-20(19)29-21-9-16-13-25(12-15(16)8-18(21)26)22(27)14-6-7-17(10-23)24-11-14/h2-7,11,15-16,18,21,26H,8-9,12-13H2,1H3/t15-,16+,18+,21+/m0/s1. The zero-order chi connectivity index (χ0) is 20.4. The lowest BCUT2D eigenvalue weighted by atomic mass is 9.78. The fraction of sp³-hybridized carbons (Fsp3) is 0.409. The quantitative estimate of drug-likeness (QED) is 0.856. The van der Waals surface area contributed by atoms with Gasteiger partial charge in [-0.05, 0) is 48.9 Å². The van der Waals surface area contributed by atoms with Crippen molar-refractivity contribution in [1.29, 1.82) is 5.26 Å². The number of methoxy groups -OCH3 is 1. The number of likely N-dealkylation sites (tertiary alicyclic amines) is 1. The van der Waals surface area contributed by atoms with Gasteiger partial charge in [-0.25, -0.2) is 4.98 Å². The molecule has 0 unspecified atom stereocenters. The van der Waals surface area contributed by atoms with Crippen molar-refractivity contribution in [3.8, 4) is 17.6 Å². The fourth-order valence-electron chi connectivity index (χ4n) is 4.33. The van der Waals surface area contributed by atoms with Crippen molar-refractivity contribution < 1.29 is 19.4 Å². The van der Waals surface area contributed by atoms with Crippen molar-refractivity contribution in [3.63, 3.8) is 0 Å². The van der Waals surface area contributed by atoms with Crippen molar-refractivity contribution in [2.24, 2.45) is 11.8 Å². The topological polar surface area (TPSA) is 95.7 Å². The molecule has 1 aromatic carbocycles. The maximum absolute atomic E-state index is 12.8. The number of rotatable bonds is 4. The number of aliphatic hydroxyl groups excluding tert-OH is 1. The Labute approximate surface area is 169 Å². The number of fused-ring (bicyclic) bond motifs is 1. The van der Waals surface area contributed by atoms with Crippen LogP contribution in [0.1, 0.15) is 28.9 Å². The van der Waals surface area contributed by atoms with Crippen LogP contribution in [0.25, 0.3) is 0 Å². The van der Waals surface area contributed by atoms with Crippen LogP contribution >= 0.6 is 0 Å². The molecule has 1 amide bonds. The van der Waals surface area contributed by atoms with Gasteiger partial charge in [-0.3, -0.25) is 4.79 Å². The molecule has 1 saturated carbocycles. The summed E-state index contributed by atoms with van der Waals surface area (Å²) in [5.41, 5.74) is 0.765. The van der Waals surface area contributed by atoms with Gasteiger partial charge in [0.1, 0.15) is 17.9 Å². The maximum atomic E-state index is 12.8. The summed E-state index contributed by atoms with van der Waals surface area (Å²) in [6, 6.07) is 12.6. The van der Waals surface area contributed by atoms with Crippen LogP contribution in [-0.4, -0.2) is 53.3 Å². The zero-order valence-corrected chi connectivity index (χ0v) is 16.2. The number of benzene rings is 1. The van der Waals surface area contributed by atoms with E-state index in [0.717, 1.165) is 0 Å². The molecule has 1 aliphatic carbocycles. The third-order valence-electron chi connectivity index (χ3n) is 5.84. The molecule has 7 nitrogen and oxygen atoms in total. The normalized spacial score (nSPS) is 25.8. The average molecular weight is 393 g/mol. The van der Waals surface area contributed by atoms with Gasteiger partial charge < -0.3 is 19.5 Å². The number of aromatic nitrogens is 1. The van der Waals surface area contributed by atoms with Gasteiger partial charge >= 0.3 is 0 Å². The van der Waals surface area contributed by atoms with E-state index in [4.69, 9.17) is 14.7 Å². The summed E-state index contributed by atoms with van der Waals surface area (Å²) >= 11 is 0. The van der Waals surface area contributed by atoms with Crippen LogP contribution in [0, 0.1) is 23.2 Å². The highest BCUT2D eigenvalue weighted by atomic mass is 16.5. The molecule has 0 bridgehead atoms. The lowest BCUT2D eigenvalue weighted by molar-refractivity contribution is -0.0240. The van der Waals surface area contributed by atoms with E-state index in [9.17, 15) is 9.90 Å². The predicted octanol–water partition coefficient (Wildman–Crippen LogP) is 2.25. The second kappa shape index (κ2) is 8.10. The van der Waals surface area contributed by atoms with Crippen LogP contribution in [-0.2, 0) is 0 Å². The van der Waals surface area contributed by atoms with Gasteiger partial charge in [0.05, 0.1) is 18.8 Å². The highest BCUT2D eigenvalue weighted by Crippen LogP contribution is 2.39. The van der Waals surface area contributed by atoms with E-state index in [2.05, 4.69) is 4.98 Å². The first-order valence-corrected chi connectivity index (χ1v) is 9.72. The van der Waals surface area contributed by atoms with Crippen molar-refractivity contribution >= 4 is 5.91 Å². The summed E-state index contributed by atoms with van der Waals surface area (Å²) in [5, 5.41) is 19.5. The monoisotopic (exact) mass is 393 g/mol. The van der Waals surface area contributed by atoms with E-state index < -0.39 is 6.10 Å². The first kappa shape index (κ1) is 19.2. The van der Waals surface area contributed by atoms with Crippen LogP contribution in [0.5, 0.6) is 11.5 Å². The number of nitrogens with zero attached hydrogens (tertiary/aromatic N) is 3. The van der Waals surface area contributed by atoms with E-state index in [0.29, 0.717) is 43.0 Å². The Hall–Kier alpha value is -3.11. The van der Waals surface area contributed by atoms with Crippen molar-refractivity contribution in [1.82, 2.24) is 9.88 Å². The summed E-state index contributed by atoms with van der Waals surface area (Å²) in [4.78, 5) is 18.6. The number of carbonyl (C=O) groups excluding carboxylic acids is 1. The largest absolute Gasteiger partial charge is 0.493 e. The van der Waals surface area contributed by atoms with E-state index in [1.807, 2.05) is 35.2 Å². The summed E-state index contributed by atoms with van der Waals surface area (Å²) in [5.74, 6) is 1.68. The molecule has 4 rings (SSSR count). The third kappa shape index (κ3) is 3.89. The minimum absolute atomic E-state index is 0.0897. The number of carbonyl (C=O) groups is 1. The second-order valence-corrected chi connectivity index (χ2v) is 7.62. The molecule has 7 heteroatoms.